The van der Waals surface area contributed by atoms with Crippen LogP contribution in [0.5, 0.6) is 0 Å². The number of piperazine rings is 1. The van der Waals surface area contributed by atoms with Gasteiger partial charge in [-0.15, -0.1) is 0 Å². The summed E-state index contributed by atoms with van der Waals surface area (Å²) in [7, 11) is 0. The van der Waals surface area contributed by atoms with E-state index in [1.165, 1.54) is 12.8 Å². The summed E-state index contributed by atoms with van der Waals surface area (Å²) >= 11 is 0. The van der Waals surface area contributed by atoms with Crippen molar-refractivity contribution in [1.82, 2.24) is 15.1 Å². The third-order valence-corrected chi connectivity index (χ3v) is 4.76. The number of carbonyl (C=O) groups excluding carboxylic acids is 2. The molecule has 2 rings (SSSR count). The van der Waals surface area contributed by atoms with Gasteiger partial charge in [-0.2, -0.15) is 0 Å². The van der Waals surface area contributed by atoms with Crippen LogP contribution in [0.4, 0.5) is 0 Å². The summed E-state index contributed by atoms with van der Waals surface area (Å²) in [6.07, 6.45) is 3.03. The Labute approximate surface area is 121 Å². The van der Waals surface area contributed by atoms with E-state index in [1.54, 1.807) is 6.92 Å². The van der Waals surface area contributed by atoms with Crippen molar-refractivity contribution < 1.29 is 9.59 Å². The maximum Gasteiger partial charge on any atom is 0.222 e. The quantitative estimate of drug-likeness (QED) is 0.828. The second-order valence-corrected chi connectivity index (χ2v) is 6.16. The minimum atomic E-state index is 0.111. The summed E-state index contributed by atoms with van der Waals surface area (Å²) in [5, 5.41) is 3.37. The fourth-order valence-electron chi connectivity index (χ4n) is 3.26. The van der Waals surface area contributed by atoms with E-state index in [0.717, 1.165) is 13.1 Å². The van der Waals surface area contributed by atoms with Gasteiger partial charge < -0.3 is 15.1 Å². The maximum absolute atomic E-state index is 12.3. The van der Waals surface area contributed by atoms with Gasteiger partial charge in [-0.1, -0.05) is 6.92 Å². The molecule has 0 aliphatic carbocycles. The molecule has 1 N–H and O–H groups in total. The number of amides is 2. The molecular weight excluding hydrogens is 254 g/mol. The number of hydrogen-bond donors (Lipinski definition) is 1. The molecule has 0 spiro atoms. The Hall–Kier alpha value is -1.10. The van der Waals surface area contributed by atoms with E-state index in [2.05, 4.69) is 12.2 Å². The van der Waals surface area contributed by atoms with Crippen LogP contribution in [0.15, 0.2) is 0 Å². The second kappa shape index (κ2) is 7.07. The minimum Gasteiger partial charge on any atom is -0.339 e. The number of rotatable bonds is 3. The van der Waals surface area contributed by atoms with E-state index in [0.29, 0.717) is 44.4 Å². The largest absolute Gasteiger partial charge is 0.339 e. The molecule has 0 saturated carbocycles. The summed E-state index contributed by atoms with van der Waals surface area (Å²) in [5.41, 5.74) is 0. The first-order valence-corrected chi connectivity index (χ1v) is 7.82. The SMILES string of the molecule is CC(=O)N1CCN(C(=O)CC(C)C2CCNCC2)CC1. The molecule has 1 atom stereocenters. The Bertz CT molecular complexity index is 345. The molecule has 2 aliphatic rings. The first-order valence-electron chi connectivity index (χ1n) is 7.82. The van der Waals surface area contributed by atoms with E-state index < -0.39 is 0 Å². The average molecular weight is 281 g/mol. The molecule has 2 heterocycles. The number of hydrogen-bond acceptors (Lipinski definition) is 3. The number of nitrogens with zero attached hydrogens (tertiary/aromatic N) is 2. The van der Waals surface area contributed by atoms with Gasteiger partial charge in [-0.3, -0.25) is 9.59 Å². The Balaban J connectivity index is 1.76. The van der Waals surface area contributed by atoms with Crippen molar-refractivity contribution in [3.05, 3.63) is 0 Å². The molecule has 5 heteroatoms. The van der Waals surface area contributed by atoms with Gasteiger partial charge >= 0.3 is 0 Å². The normalized spacial score (nSPS) is 22.7. The lowest BCUT2D eigenvalue weighted by molar-refractivity contribution is -0.139. The highest BCUT2D eigenvalue weighted by Crippen LogP contribution is 2.25. The van der Waals surface area contributed by atoms with Gasteiger partial charge in [0.25, 0.3) is 0 Å². The van der Waals surface area contributed by atoms with Crippen LogP contribution in [-0.4, -0.2) is 60.9 Å². The smallest absolute Gasteiger partial charge is 0.222 e. The Morgan fingerprint density at radius 2 is 1.65 bits per heavy atom. The standard InChI is InChI=1S/C15H27N3O2/c1-12(14-3-5-16-6-4-14)11-15(20)18-9-7-17(8-10-18)13(2)19/h12,14,16H,3-11H2,1-2H3. The summed E-state index contributed by atoms with van der Waals surface area (Å²) < 4.78 is 0. The van der Waals surface area contributed by atoms with E-state index in [-0.39, 0.29) is 11.8 Å². The van der Waals surface area contributed by atoms with Crippen LogP contribution in [-0.2, 0) is 9.59 Å². The van der Waals surface area contributed by atoms with Gasteiger partial charge in [0.1, 0.15) is 0 Å². The summed E-state index contributed by atoms with van der Waals surface area (Å²) in [6, 6.07) is 0. The minimum absolute atomic E-state index is 0.111. The third kappa shape index (κ3) is 3.95. The van der Waals surface area contributed by atoms with Gasteiger partial charge in [0.05, 0.1) is 0 Å². The van der Waals surface area contributed by atoms with Gasteiger partial charge in [-0.25, -0.2) is 0 Å². The molecule has 2 fully saturated rings. The van der Waals surface area contributed by atoms with Crippen molar-refractivity contribution in [2.45, 2.75) is 33.1 Å². The van der Waals surface area contributed by atoms with Crippen molar-refractivity contribution in [2.75, 3.05) is 39.3 Å². The van der Waals surface area contributed by atoms with Gasteiger partial charge in [0.2, 0.25) is 11.8 Å². The van der Waals surface area contributed by atoms with Crippen LogP contribution in [0.25, 0.3) is 0 Å². The number of piperidine rings is 1. The first-order chi connectivity index (χ1) is 9.58. The van der Waals surface area contributed by atoms with Crippen molar-refractivity contribution >= 4 is 11.8 Å². The zero-order valence-electron chi connectivity index (χ0n) is 12.7. The molecule has 20 heavy (non-hydrogen) atoms. The Kier molecular flexibility index (Phi) is 5.40. The zero-order valence-corrected chi connectivity index (χ0v) is 12.7. The van der Waals surface area contributed by atoms with Gasteiger partial charge in [-0.05, 0) is 37.8 Å². The van der Waals surface area contributed by atoms with Crippen LogP contribution in [0.3, 0.4) is 0 Å². The highest BCUT2D eigenvalue weighted by Gasteiger charge is 2.26. The molecule has 2 amide bonds. The fraction of sp³-hybridized carbons (Fsp3) is 0.867. The van der Waals surface area contributed by atoms with Gasteiger partial charge in [0, 0.05) is 39.5 Å². The lowest BCUT2D eigenvalue weighted by atomic mass is 9.84. The molecule has 114 valence electrons. The Morgan fingerprint density at radius 1 is 1.10 bits per heavy atom. The third-order valence-electron chi connectivity index (χ3n) is 4.76. The maximum atomic E-state index is 12.3. The topological polar surface area (TPSA) is 52.7 Å². The van der Waals surface area contributed by atoms with E-state index in [4.69, 9.17) is 0 Å². The van der Waals surface area contributed by atoms with Crippen molar-refractivity contribution in [3.63, 3.8) is 0 Å². The molecule has 0 aromatic carbocycles. The number of carbonyl (C=O) groups is 2. The highest BCUT2D eigenvalue weighted by molar-refractivity contribution is 5.77. The molecule has 0 bridgehead atoms. The predicted molar refractivity (Wildman–Crippen MR) is 78.2 cm³/mol. The van der Waals surface area contributed by atoms with Crippen LogP contribution < -0.4 is 5.32 Å². The molecular formula is C15H27N3O2. The molecule has 0 aromatic heterocycles. The van der Waals surface area contributed by atoms with E-state index in [1.807, 2.05) is 9.80 Å². The van der Waals surface area contributed by atoms with Crippen LogP contribution in [0.1, 0.15) is 33.1 Å². The van der Waals surface area contributed by atoms with Crippen LogP contribution in [0.2, 0.25) is 0 Å². The van der Waals surface area contributed by atoms with Crippen molar-refractivity contribution in [3.8, 4) is 0 Å². The van der Waals surface area contributed by atoms with Crippen LogP contribution >= 0.6 is 0 Å². The average Bonchev–Trinajstić information content (AvgIpc) is 2.48. The molecule has 0 radical (unpaired) electrons. The number of nitrogens with one attached hydrogen (secondary N) is 1. The van der Waals surface area contributed by atoms with E-state index in [9.17, 15) is 9.59 Å². The Morgan fingerprint density at radius 3 is 2.20 bits per heavy atom. The lowest BCUT2D eigenvalue weighted by Crippen LogP contribution is -2.50. The summed E-state index contributed by atoms with van der Waals surface area (Å²) in [4.78, 5) is 27.4. The molecule has 2 saturated heterocycles. The predicted octanol–water partition coefficient (Wildman–Crippen LogP) is 0.703. The monoisotopic (exact) mass is 281 g/mol. The lowest BCUT2D eigenvalue weighted by Gasteiger charge is -2.35. The zero-order chi connectivity index (χ0) is 14.5. The van der Waals surface area contributed by atoms with Crippen LogP contribution in [0, 0.1) is 11.8 Å². The van der Waals surface area contributed by atoms with E-state index >= 15 is 0 Å². The van der Waals surface area contributed by atoms with Gasteiger partial charge in [0.15, 0.2) is 0 Å². The second-order valence-electron chi connectivity index (χ2n) is 6.16. The summed E-state index contributed by atoms with van der Waals surface area (Å²) in [5.74, 6) is 1.52. The highest BCUT2D eigenvalue weighted by atomic mass is 16.2. The molecule has 1 unspecified atom stereocenters. The van der Waals surface area contributed by atoms with Crippen molar-refractivity contribution in [2.24, 2.45) is 11.8 Å². The van der Waals surface area contributed by atoms with Crippen molar-refractivity contribution in [1.29, 1.82) is 0 Å². The molecule has 5 nitrogen and oxygen atoms in total. The first kappa shape index (κ1) is 15.3. The fourth-order valence-corrected chi connectivity index (χ4v) is 3.26. The summed E-state index contributed by atoms with van der Waals surface area (Å²) in [6.45, 7) is 8.72. The molecule has 0 aromatic rings. The molecule has 2 aliphatic heterocycles.